The summed E-state index contributed by atoms with van der Waals surface area (Å²) in [6, 6.07) is 13.0. The van der Waals surface area contributed by atoms with Gasteiger partial charge in [0, 0.05) is 36.0 Å². The number of non-ortho nitro benzene ring substituents is 1. The molecule has 0 saturated heterocycles. The first-order valence-electron chi connectivity index (χ1n) is 10.2. The molecule has 2 aliphatic heterocycles. The highest BCUT2D eigenvalue weighted by Gasteiger charge is 2.58. The Hall–Kier alpha value is -5.00. The molecule has 2 aliphatic rings. The second kappa shape index (κ2) is 6.51. The maximum absolute atomic E-state index is 13.9. The second-order valence-corrected chi connectivity index (χ2v) is 8.05. The van der Waals surface area contributed by atoms with Crippen LogP contribution in [0.25, 0.3) is 11.3 Å². The molecule has 0 saturated carbocycles. The predicted molar refractivity (Wildman–Crippen MR) is 121 cm³/mol. The Bertz CT molecular complexity index is 1670. The molecule has 4 aromatic rings. The Morgan fingerprint density at radius 2 is 1.79 bits per heavy atom. The van der Waals surface area contributed by atoms with Crippen LogP contribution in [0.4, 0.5) is 23.0 Å². The molecule has 6 rings (SSSR count). The highest BCUT2D eigenvalue weighted by atomic mass is 16.6. The zero-order chi connectivity index (χ0) is 23.8. The van der Waals surface area contributed by atoms with Crippen molar-refractivity contribution in [1.29, 1.82) is 0 Å². The van der Waals surface area contributed by atoms with Crippen LogP contribution >= 0.6 is 0 Å². The van der Waals surface area contributed by atoms with E-state index in [9.17, 15) is 24.5 Å². The van der Waals surface area contributed by atoms with Crippen LogP contribution in [-0.2, 0) is 17.3 Å². The molecule has 2 aromatic carbocycles. The predicted octanol–water partition coefficient (Wildman–Crippen LogP) is 1.72. The summed E-state index contributed by atoms with van der Waals surface area (Å²) in [6.45, 7) is 0. The normalized spacial score (nSPS) is 17.5. The molecule has 0 bridgehead atoms. The van der Waals surface area contributed by atoms with Crippen molar-refractivity contribution in [2.75, 3.05) is 10.6 Å². The van der Waals surface area contributed by atoms with Crippen molar-refractivity contribution in [2.45, 2.75) is 5.41 Å². The minimum Gasteiger partial charge on any atom is -0.324 e. The Kier molecular flexibility index (Phi) is 3.77. The van der Waals surface area contributed by atoms with Crippen LogP contribution in [0.1, 0.15) is 16.7 Å². The minimum atomic E-state index is -1.81. The summed E-state index contributed by atoms with van der Waals surface area (Å²) < 4.78 is 1.17. The zero-order valence-electron chi connectivity index (χ0n) is 17.5. The van der Waals surface area contributed by atoms with Crippen molar-refractivity contribution >= 4 is 28.9 Å². The van der Waals surface area contributed by atoms with Gasteiger partial charge in [-0.15, -0.1) is 0 Å². The number of fused-ring (bicyclic) bond motifs is 6. The number of nitrogens with zero attached hydrogens (tertiary/aromatic N) is 3. The second-order valence-electron chi connectivity index (χ2n) is 8.05. The van der Waals surface area contributed by atoms with E-state index >= 15 is 0 Å². The molecule has 4 heterocycles. The summed E-state index contributed by atoms with van der Waals surface area (Å²) in [6.07, 6.45) is 0. The lowest BCUT2D eigenvalue weighted by atomic mass is 9.68. The van der Waals surface area contributed by atoms with Crippen molar-refractivity contribution in [3.63, 3.8) is 0 Å². The summed E-state index contributed by atoms with van der Waals surface area (Å²) in [4.78, 5) is 52.8. The van der Waals surface area contributed by atoms with Crippen molar-refractivity contribution in [3.8, 4) is 11.3 Å². The molecule has 12 nitrogen and oxygen atoms in total. The molecule has 1 atom stereocenters. The molecule has 0 aliphatic carbocycles. The number of benzene rings is 2. The largest absolute Gasteiger partial charge is 0.329 e. The van der Waals surface area contributed by atoms with Crippen LogP contribution in [0, 0.1) is 10.1 Å². The number of anilines is 3. The summed E-state index contributed by atoms with van der Waals surface area (Å²) in [5.41, 5.74) is -1.58. The van der Waals surface area contributed by atoms with E-state index < -0.39 is 27.5 Å². The van der Waals surface area contributed by atoms with E-state index in [-0.39, 0.29) is 28.5 Å². The molecule has 1 spiro atoms. The number of nitrogens with one attached hydrogen (secondary N) is 4. The summed E-state index contributed by atoms with van der Waals surface area (Å²) in [5.74, 6) is -0.293. The van der Waals surface area contributed by atoms with Crippen LogP contribution in [0.15, 0.2) is 58.1 Å². The molecule has 0 fully saturated rings. The Balaban J connectivity index is 1.82. The Morgan fingerprint density at radius 1 is 1.03 bits per heavy atom. The van der Waals surface area contributed by atoms with Gasteiger partial charge in [-0.3, -0.25) is 34.4 Å². The highest BCUT2D eigenvalue weighted by molar-refractivity contribution is 6.15. The number of nitro groups is 1. The van der Waals surface area contributed by atoms with Gasteiger partial charge >= 0.3 is 5.69 Å². The number of hydrogen-bond acceptors (Lipinski definition) is 7. The molecule has 4 N–H and O–H groups in total. The minimum absolute atomic E-state index is 0.0579. The summed E-state index contributed by atoms with van der Waals surface area (Å²) >= 11 is 0. The van der Waals surface area contributed by atoms with Crippen molar-refractivity contribution in [2.24, 2.45) is 7.05 Å². The van der Waals surface area contributed by atoms with Crippen molar-refractivity contribution in [1.82, 2.24) is 19.7 Å². The number of amides is 1. The fourth-order valence-electron chi connectivity index (χ4n) is 4.86. The Labute approximate surface area is 189 Å². The van der Waals surface area contributed by atoms with E-state index in [1.165, 1.54) is 29.8 Å². The third-order valence-corrected chi connectivity index (χ3v) is 6.35. The molecular weight excluding hydrogens is 442 g/mol. The lowest BCUT2D eigenvalue weighted by Crippen LogP contribution is -2.48. The van der Waals surface area contributed by atoms with Crippen LogP contribution in [0.5, 0.6) is 0 Å². The van der Waals surface area contributed by atoms with Crippen LogP contribution in [0.2, 0.25) is 0 Å². The fraction of sp³-hybridized carbons (Fsp3) is 0.0909. The molecular formula is C22H15N7O5. The average molecular weight is 457 g/mol. The quantitative estimate of drug-likeness (QED) is 0.262. The first-order chi connectivity index (χ1) is 16.3. The Morgan fingerprint density at radius 3 is 2.53 bits per heavy atom. The highest BCUT2D eigenvalue weighted by Crippen LogP contribution is 2.55. The average Bonchev–Trinajstić information content (AvgIpc) is 3.37. The fourth-order valence-corrected chi connectivity index (χ4v) is 4.86. The van der Waals surface area contributed by atoms with Gasteiger partial charge in [0.15, 0.2) is 5.82 Å². The molecule has 34 heavy (non-hydrogen) atoms. The molecule has 12 heteroatoms. The molecule has 2 aromatic heterocycles. The zero-order valence-corrected chi connectivity index (χ0v) is 17.5. The van der Waals surface area contributed by atoms with E-state index in [2.05, 4.69) is 25.8 Å². The first kappa shape index (κ1) is 19.7. The molecule has 0 radical (unpaired) electrons. The van der Waals surface area contributed by atoms with Crippen molar-refractivity contribution < 1.29 is 9.72 Å². The standard InChI is InChI=1S/C22H15N7O5/c1-28-18-15(19(30)25-21(28)32)22(12-9-11(29(33)34)7-8-13(12)23-20(22)31)14-16(26-27-17(14)24-18)10-5-3-2-4-6-10/h2-9H,1H3,(H,23,31)(H2,24,26,27)(H,25,30,32). The number of hydrogen-bond donors (Lipinski definition) is 4. The number of carbonyl (C=O) groups excluding carboxylic acids is 1. The van der Waals surface area contributed by atoms with Gasteiger partial charge in [-0.05, 0) is 11.6 Å². The van der Waals surface area contributed by atoms with Crippen LogP contribution in [0.3, 0.4) is 0 Å². The molecule has 1 unspecified atom stereocenters. The summed E-state index contributed by atoms with van der Waals surface area (Å²) in [5, 5.41) is 24.7. The number of rotatable bonds is 2. The van der Waals surface area contributed by atoms with Gasteiger partial charge in [-0.2, -0.15) is 5.10 Å². The third-order valence-electron chi connectivity index (χ3n) is 6.35. The van der Waals surface area contributed by atoms with Gasteiger partial charge in [0.05, 0.1) is 16.2 Å². The van der Waals surface area contributed by atoms with Crippen LogP contribution in [-0.4, -0.2) is 30.6 Å². The third kappa shape index (κ3) is 2.30. The van der Waals surface area contributed by atoms with Gasteiger partial charge in [0.2, 0.25) is 5.91 Å². The maximum Gasteiger partial charge on any atom is 0.329 e. The monoisotopic (exact) mass is 457 g/mol. The molecule has 1 amide bonds. The number of carbonyl (C=O) groups is 1. The number of aromatic nitrogens is 4. The van der Waals surface area contributed by atoms with Gasteiger partial charge < -0.3 is 10.6 Å². The number of nitro benzene ring substituents is 1. The SMILES string of the molecule is Cn1c2c(c(=O)[nH]c1=O)C1(C(=O)Nc3ccc([N+](=O)[O-])cc31)c1c(n[nH]c1-c1ccccc1)N2. The number of aromatic amines is 2. The first-order valence-corrected chi connectivity index (χ1v) is 10.2. The van der Waals surface area contributed by atoms with E-state index in [0.717, 1.165) is 0 Å². The number of H-pyrrole nitrogens is 2. The van der Waals surface area contributed by atoms with Gasteiger partial charge in [-0.1, -0.05) is 30.3 Å². The summed E-state index contributed by atoms with van der Waals surface area (Å²) in [7, 11) is 1.44. The molecule has 168 valence electrons. The maximum atomic E-state index is 13.9. The van der Waals surface area contributed by atoms with E-state index in [1.807, 2.05) is 30.3 Å². The van der Waals surface area contributed by atoms with E-state index in [0.29, 0.717) is 22.5 Å². The van der Waals surface area contributed by atoms with Gasteiger partial charge in [0.25, 0.3) is 11.2 Å². The van der Waals surface area contributed by atoms with Gasteiger partial charge in [0.1, 0.15) is 11.2 Å². The lowest BCUT2D eigenvalue weighted by Gasteiger charge is -2.34. The van der Waals surface area contributed by atoms with E-state index in [1.54, 1.807) is 0 Å². The smallest absolute Gasteiger partial charge is 0.324 e. The topological polar surface area (TPSA) is 168 Å². The van der Waals surface area contributed by atoms with E-state index in [4.69, 9.17) is 0 Å². The van der Waals surface area contributed by atoms with Gasteiger partial charge in [-0.25, -0.2) is 4.79 Å². The van der Waals surface area contributed by atoms with Crippen LogP contribution < -0.4 is 21.9 Å². The van der Waals surface area contributed by atoms with Crippen molar-refractivity contribution in [3.05, 3.63) is 96.2 Å². The lowest BCUT2D eigenvalue weighted by molar-refractivity contribution is -0.384.